The first-order chi connectivity index (χ1) is 9.82. The fraction of sp³-hybridized carbons (Fsp3) is 0.500. The zero-order valence-electron chi connectivity index (χ0n) is 12.4. The van der Waals surface area contributed by atoms with E-state index in [1.165, 1.54) is 0 Å². The van der Waals surface area contributed by atoms with E-state index in [0.29, 0.717) is 11.3 Å². The van der Waals surface area contributed by atoms with Crippen LogP contribution in [0.1, 0.15) is 38.7 Å². The van der Waals surface area contributed by atoms with E-state index < -0.39 is 11.4 Å². The summed E-state index contributed by atoms with van der Waals surface area (Å²) in [5.74, 6) is -1.05. The molecule has 1 fully saturated rings. The number of hydrogen-bond acceptors (Lipinski definition) is 3. The van der Waals surface area contributed by atoms with E-state index in [9.17, 15) is 14.7 Å². The van der Waals surface area contributed by atoms with Crippen molar-refractivity contribution < 1.29 is 14.7 Å². The van der Waals surface area contributed by atoms with E-state index in [2.05, 4.69) is 5.32 Å². The Hall–Kier alpha value is -1.88. The van der Waals surface area contributed by atoms with E-state index in [-0.39, 0.29) is 17.9 Å². The number of amides is 1. The number of carboxylic acids is 1. The summed E-state index contributed by atoms with van der Waals surface area (Å²) in [5.41, 5.74) is 6.34. The van der Waals surface area contributed by atoms with E-state index in [1.54, 1.807) is 38.1 Å². The molecule has 0 spiro atoms. The quantitative estimate of drug-likeness (QED) is 0.792. The van der Waals surface area contributed by atoms with Crippen LogP contribution in [0.4, 0.5) is 5.69 Å². The molecule has 5 heteroatoms. The third kappa shape index (κ3) is 3.24. The zero-order valence-corrected chi connectivity index (χ0v) is 12.4. The first kappa shape index (κ1) is 15.5. The van der Waals surface area contributed by atoms with Crippen molar-refractivity contribution in [3.63, 3.8) is 0 Å². The summed E-state index contributed by atoms with van der Waals surface area (Å²) >= 11 is 0. The van der Waals surface area contributed by atoms with Gasteiger partial charge in [-0.2, -0.15) is 0 Å². The molecule has 1 amide bonds. The number of carbonyl (C=O) groups excluding carboxylic acids is 1. The van der Waals surface area contributed by atoms with Gasteiger partial charge in [0.2, 0.25) is 5.91 Å². The molecule has 1 aliphatic rings. The van der Waals surface area contributed by atoms with Crippen LogP contribution in [-0.4, -0.2) is 23.0 Å². The number of carbonyl (C=O) groups is 2. The molecule has 1 aromatic carbocycles. The minimum absolute atomic E-state index is 0.0507. The SMILES string of the molecule is CC(C)(C(=O)O)c1ccc(NC(=O)C2CCCC2N)cc1. The topological polar surface area (TPSA) is 92.4 Å². The molecule has 4 N–H and O–H groups in total. The summed E-state index contributed by atoms with van der Waals surface area (Å²) in [4.78, 5) is 23.3. The van der Waals surface area contributed by atoms with E-state index in [4.69, 9.17) is 5.73 Å². The second kappa shape index (κ2) is 5.85. The van der Waals surface area contributed by atoms with Crippen LogP contribution >= 0.6 is 0 Å². The van der Waals surface area contributed by atoms with Gasteiger partial charge in [0.05, 0.1) is 11.3 Å². The van der Waals surface area contributed by atoms with Gasteiger partial charge >= 0.3 is 5.97 Å². The van der Waals surface area contributed by atoms with Gasteiger partial charge in [-0.05, 0) is 44.4 Å². The van der Waals surface area contributed by atoms with Gasteiger partial charge in [0.15, 0.2) is 0 Å². The molecular weight excluding hydrogens is 268 g/mol. The number of hydrogen-bond donors (Lipinski definition) is 3. The van der Waals surface area contributed by atoms with Gasteiger partial charge in [0.25, 0.3) is 0 Å². The van der Waals surface area contributed by atoms with Crippen molar-refractivity contribution in [3.8, 4) is 0 Å². The van der Waals surface area contributed by atoms with Crippen LogP contribution in [-0.2, 0) is 15.0 Å². The Morgan fingerprint density at radius 1 is 1.24 bits per heavy atom. The lowest BCUT2D eigenvalue weighted by molar-refractivity contribution is -0.142. The largest absolute Gasteiger partial charge is 0.481 e. The standard InChI is InChI=1S/C16H22N2O3/c1-16(2,15(20)21)10-6-8-11(9-7-10)18-14(19)12-4-3-5-13(12)17/h6-9,12-13H,3-5,17H2,1-2H3,(H,18,19)(H,20,21). The molecule has 5 nitrogen and oxygen atoms in total. The molecule has 1 saturated carbocycles. The summed E-state index contributed by atoms with van der Waals surface area (Å²) in [6.07, 6.45) is 2.71. The summed E-state index contributed by atoms with van der Waals surface area (Å²) in [6, 6.07) is 6.88. The van der Waals surface area contributed by atoms with E-state index in [1.807, 2.05) is 0 Å². The van der Waals surface area contributed by atoms with Crippen LogP contribution in [0, 0.1) is 5.92 Å². The van der Waals surface area contributed by atoms with Gasteiger partial charge in [-0.25, -0.2) is 0 Å². The highest BCUT2D eigenvalue weighted by Crippen LogP contribution is 2.27. The molecule has 0 bridgehead atoms. The molecule has 2 rings (SSSR count). The van der Waals surface area contributed by atoms with Gasteiger partial charge in [-0.3, -0.25) is 9.59 Å². The van der Waals surface area contributed by atoms with Crippen molar-refractivity contribution in [2.45, 2.75) is 44.6 Å². The molecule has 114 valence electrons. The minimum Gasteiger partial charge on any atom is -0.481 e. The fourth-order valence-electron chi connectivity index (χ4n) is 2.64. The zero-order chi connectivity index (χ0) is 15.6. The van der Waals surface area contributed by atoms with Crippen molar-refractivity contribution in [1.29, 1.82) is 0 Å². The average Bonchev–Trinajstić information content (AvgIpc) is 2.85. The fourth-order valence-corrected chi connectivity index (χ4v) is 2.64. The molecule has 0 radical (unpaired) electrons. The van der Waals surface area contributed by atoms with Crippen LogP contribution in [0.15, 0.2) is 24.3 Å². The Bertz CT molecular complexity index is 537. The lowest BCUT2D eigenvalue weighted by Gasteiger charge is -2.20. The Kier molecular flexibility index (Phi) is 4.32. The summed E-state index contributed by atoms with van der Waals surface area (Å²) < 4.78 is 0. The monoisotopic (exact) mass is 290 g/mol. The van der Waals surface area contributed by atoms with Crippen molar-refractivity contribution in [1.82, 2.24) is 0 Å². The van der Waals surface area contributed by atoms with E-state index in [0.717, 1.165) is 19.3 Å². The molecule has 1 aromatic rings. The maximum absolute atomic E-state index is 12.1. The highest BCUT2D eigenvalue weighted by atomic mass is 16.4. The first-order valence-electron chi connectivity index (χ1n) is 7.23. The highest BCUT2D eigenvalue weighted by molar-refractivity contribution is 5.93. The molecule has 0 aliphatic heterocycles. The normalized spacial score (nSPS) is 22.0. The number of rotatable bonds is 4. The number of anilines is 1. The molecule has 2 atom stereocenters. The molecule has 0 heterocycles. The maximum Gasteiger partial charge on any atom is 0.313 e. The van der Waals surface area contributed by atoms with E-state index >= 15 is 0 Å². The minimum atomic E-state index is -0.948. The summed E-state index contributed by atoms with van der Waals surface area (Å²) in [7, 11) is 0. The Balaban J connectivity index is 2.06. The van der Waals surface area contributed by atoms with Crippen molar-refractivity contribution in [2.24, 2.45) is 11.7 Å². The Morgan fingerprint density at radius 3 is 2.33 bits per heavy atom. The average molecular weight is 290 g/mol. The second-order valence-electron chi connectivity index (χ2n) is 6.20. The summed E-state index contributed by atoms with van der Waals surface area (Å²) in [5, 5.41) is 12.1. The van der Waals surface area contributed by atoms with Gasteiger partial charge in [0.1, 0.15) is 0 Å². The third-order valence-corrected chi connectivity index (χ3v) is 4.31. The van der Waals surface area contributed by atoms with Gasteiger partial charge in [0, 0.05) is 11.7 Å². The maximum atomic E-state index is 12.1. The molecular formula is C16H22N2O3. The Morgan fingerprint density at radius 2 is 1.86 bits per heavy atom. The van der Waals surface area contributed by atoms with Crippen LogP contribution in [0.25, 0.3) is 0 Å². The summed E-state index contributed by atoms with van der Waals surface area (Å²) in [6.45, 7) is 3.31. The smallest absolute Gasteiger partial charge is 0.313 e. The lowest BCUT2D eigenvalue weighted by Crippen LogP contribution is -2.34. The van der Waals surface area contributed by atoms with Crippen LogP contribution < -0.4 is 11.1 Å². The van der Waals surface area contributed by atoms with Gasteiger partial charge < -0.3 is 16.2 Å². The molecule has 21 heavy (non-hydrogen) atoms. The second-order valence-corrected chi connectivity index (χ2v) is 6.20. The van der Waals surface area contributed by atoms with Gasteiger partial charge in [-0.15, -0.1) is 0 Å². The lowest BCUT2D eigenvalue weighted by atomic mass is 9.85. The molecule has 1 aliphatic carbocycles. The van der Waals surface area contributed by atoms with Crippen LogP contribution in [0.5, 0.6) is 0 Å². The van der Waals surface area contributed by atoms with Crippen molar-refractivity contribution in [2.75, 3.05) is 5.32 Å². The van der Waals surface area contributed by atoms with Crippen LogP contribution in [0.3, 0.4) is 0 Å². The predicted octanol–water partition coefficient (Wildman–Crippen LogP) is 2.11. The molecule has 2 unspecified atom stereocenters. The number of benzene rings is 1. The van der Waals surface area contributed by atoms with Gasteiger partial charge in [-0.1, -0.05) is 18.6 Å². The highest BCUT2D eigenvalue weighted by Gasteiger charge is 2.31. The molecule has 0 aromatic heterocycles. The Labute approximate surface area is 124 Å². The number of nitrogens with one attached hydrogen (secondary N) is 1. The first-order valence-corrected chi connectivity index (χ1v) is 7.23. The third-order valence-electron chi connectivity index (χ3n) is 4.31. The molecule has 0 saturated heterocycles. The number of aliphatic carboxylic acids is 1. The van der Waals surface area contributed by atoms with Crippen LogP contribution in [0.2, 0.25) is 0 Å². The van der Waals surface area contributed by atoms with Crippen molar-refractivity contribution >= 4 is 17.6 Å². The number of carboxylic acid groups (broad SMARTS) is 1. The van der Waals surface area contributed by atoms with Crippen molar-refractivity contribution in [3.05, 3.63) is 29.8 Å². The number of nitrogens with two attached hydrogens (primary N) is 1. The predicted molar refractivity (Wildman–Crippen MR) is 81.0 cm³/mol.